The van der Waals surface area contributed by atoms with Crippen molar-refractivity contribution in [2.75, 3.05) is 39.8 Å². The summed E-state index contributed by atoms with van der Waals surface area (Å²) in [6.07, 6.45) is 11.3. The first kappa shape index (κ1) is 24.9. The van der Waals surface area contributed by atoms with E-state index < -0.39 is 11.9 Å². The highest BCUT2D eigenvalue weighted by Crippen LogP contribution is 2.12. The average molecular weight is 417 g/mol. The van der Waals surface area contributed by atoms with Crippen LogP contribution in [0.2, 0.25) is 0 Å². The van der Waals surface area contributed by atoms with Gasteiger partial charge in [-0.2, -0.15) is 0 Å². The summed E-state index contributed by atoms with van der Waals surface area (Å²) >= 11 is 0. The molecule has 0 aromatic carbocycles. The molecular weight excluding hydrogens is 384 g/mol. The number of allylic oxidation sites excluding steroid dienone is 5. The van der Waals surface area contributed by atoms with Crippen LogP contribution in [0.1, 0.15) is 13.3 Å². The Balaban J connectivity index is 2.97. The van der Waals surface area contributed by atoms with Gasteiger partial charge in [0.2, 0.25) is 17.7 Å². The molecule has 0 aromatic rings. The Bertz CT molecular complexity index is 725. The topological polar surface area (TPSA) is 99.8 Å². The molecule has 0 spiro atoms. The molecule has 1 atom stereocenters. The molecule has 1 heterocycles. The van der Waals surface area contributed by atoms with E-state index in [1.165, 1.54) is 18.0 Å². The van der Waals surface area contributed by atoms with Gasteiger partial charge in [0, 0.05) is 25.7 Å². The van der Waals surface area contributed by atoms with Crippen molar-refractivity contribution in [3.05, 3.63) is 60.9 Å². The van der Waals surface area contributed by atoms with Gasteiger partial charge in [-0.25, -0.2) is 0 Å². The molecule has 0 aromatic heterocycles. The van der Waals surface area contributed by atoms with Gasteiger partial charge in [0.25, 0.3) is 0 Å². The van der Waals surface area contributed by atoms with Crippen LogP contribution in [0.25, 0.3) is 0 Å². The second-order valence-electron chi connectivity index (χ2n) is 6.55. The first-order valence-corrected chi connectivity index (χ1v) is 9.86. The molecule has 8 nitrogen and oxygen atoms in total. The summed E-state index contributed by atoms with van der Waals surface area (Å²) in [5.74, 6) is -0.366. The van der Waals surface area contributed by atoms with Gasteiger partial charge in [-0.1, -0.05) is 37.0 Å². The van der Waals surface area contributed by atoms with Crippen LogP contribution < -0.4 is 16.0 Å². The van der Waals surface area contributed by atoms with Crippen molar-refractivity contribution in [1.29, 1.82) is 0 Å². The van der Waals surface area contributed by atoms with E-state index >= 15 is 0 Å². The van der Waals surface area contributed by atoms with Crippen molar-refractivity contribution < 1.29 is 19.1 Å². The van der Waals surface area contributed by atoms with Crippen molar-refractivity contribution >= 4 is 17.7 Å². The van der Waals surface area contributed by atoms with Gasteiger partial charge in [-0.3, -0.25) is 19.7 Å². The molecule has 0 aliphatic carbocycles. The third-order valence-corrected chi connectivity index (χ3v) is 4.18. The van der Waals surface area contributed by atoms with Crippen molar-refractivity contribution in [3.8, 4) is 0 Å². The largest absolute Gasteiger partial charge is 0.492 e. The fraction of sp³-hybridized carbons (Fsp3) is 0.409. The van der Waals surface area contributed by atoms with Gasteiger partial charge in [0.15, 0.2) is 0 Å². The summed E-state index contributed by atoms with van der Waals surface area (Å²) < 4.78 is 5.86. The molecule has 30 heavy (non-hydrogen) atoms. The van der Waals surface area contributed by atoms with E-state index in [4.69, 9.17) is 4.74 Å². The van der Waals surface area contributed by atoms with Gasteiger partial charge in [0.1, 0.15) is 18.4 Å². The number of nitrogens with one attached hydrogen (secondary N) is 3. The van der Waals surface area contributed by atoms with Gasteiger partial charge < -0.3 is 20.3 Å². The smallest absolute Gasteiger partial charge is 0.243 e. The lowest BCUT2D eigenvalue weighted by atomic mass is 10.2. The number of hydrogen-bond donors (Lipinski definition) is 3. The predicted octanol–water partition coefficient (Wildman–Crippen LogP) is 0.814. The zero-order valence-corrected chi connectivity index (χ0v) is 17.8. The van der Waals surface area contributed by atoms with Crippen LogP contribution >= 0.6 is 0 Å². The number of hydrogen-bond acceptors (Lipinski definition) is 5. The molecule has 3 N–H and O–H groups in total. The maximum Gasteiger partial charge on any atom is 0.243 e. The lowest BCUT2D eigenvalue weighted by Crippen LogP contribution is -2.48. The van der Waals surface area contributed by atoms with Crippen molar-refractivity contribution in [3.63, 3.8) is 0 Å². The summed E-state index contributed by atoms with van der Waals surface area (Å²) in [6.45, 7) is 10.2. The van der Waals surface area contributed by atoms with E-state index in [-0.39, 0.29) is 24.9 Å². The maximum atomic E-state index is 12.5. The lowest BCUT2D eigenvalue weighted by Gasteiger charge is -2.22. The van der Waals surface area contributed by atoms with Crippen LogP contribution in [0.15, 0.2) is 60.9 Å². The Morgan fingerprint density at radius 2 is 1.93 bits per heavy atom. The molecule has 1 unspecified atom stereocenters. The zero-order chi connectivity index (χ0) is 22.4. The number of amides is 3. The Labute approximate surface area is 178 Å². The van der Waals surface area contributed by atoms with Crippen LogP contribution in [0, 0.1) is 0 Å². The number of carbonyl (C=O) groups excluding carboxylic acids is 3. The van der Waals surface area contributed by atoms with Crippen molar-refractivity contribution in [2.45, 2.75) is 19.4 Å². The molecule has 1 aliphatic heterocycles. The molecule has 164 valence electrons. The minimum atomic E-state index is -0.662. The lowest BCUT2D eigenvalue weighted by molar-refractivity contribution is -0.135. The third kappa shape index (κ3) is 8.91. The highest BCUT2D eigenvalue weighted by molar-refractivity contribution is 5.90. The van der Waals surface area contributed by atoms with E-state index in [0.29, 0.717) is 31.9 Å². The fourth-order valence-corrected chi connectivity index (χ4v) is 2.61. The highest BCUT2D eigenvalue weighted by Gasteiger charge is 2.20. The van der Waals surface area contributed by atoms with Gasteiger partial charge in [-0.05, 0) is 19.4 Å². The van der Waals surface area contributed by atoms with Crippen LogP contribution in [-0.2, 0) is 19.1 Å². The molecular formula is C22H32N4O4. The second-order valence-corrected chi connectivity index (χ2v) is 6.55. The Kier molecular flexibility index (Phi) is 11.6. The number of likely N-dealkylation sites (N-methyl/N-ethyl adjacent to an activating group) is 1. The standard InChI is InChI=1S/C22H32N4O4/c1-5-10-19-17(6-2)11-8-9-12-24-20(27)15-25-21(28)16-26(4)22(29)18(7-3)23-13-14-30-19/h5-8,10-11,18,23H,2-3,9,12-16H2,1,4H3,(H,24,27)(H,25,28)/b10-5-,11-8+,19-17-. The summed E-state index contributed by atoms with van der Waals surface area (Å²) in [7, 11) is 1.52. The Morgan fingerprint density at radius 3 is 2.60 bits per heavy atom. The first-order valence-electron chi connectivity index (χ1n) is 9.86. The quantitative estimate of drug-likeness (QED) is 0.592. The molecule has 1 aliphatic rings. The van der Waals surface area contributed by atoms with Crippen LogP contribution in [0.5, 0.6) is 0 Å². The monoisotopic (exact) mass is 416 g/mol. The number of rotatable bonds is 3. The van der Waals surface area contributed by atoms with Gasteiger partial charge >= 0.3 is 0 Å². The number of carbonyl (C=O) groups is 3. The third-order valence-electron chi connectivity index (χ3n) is 4.18. The minimum absolute atomic E-state index is 0.148. The average Bonchev–Trinajstić information content (AvgIpc) is 2.73. The molecule has 0 bridgehead atoms. The molecule has 0 saturated carbocycles. The summed E-state index contributed by atoms with van der Waals surface area (Å²) in [5, 5.41) is 8.30. The zero-order valence-electron chi connectivity index (χ0n) is 17.8. The Morgan fingerprint density at radius 1 is 1.17 bits per heavy atom. The summed E-state index contributed by atoms with van der Waals surface area (Å²) in [4.78, 5) is 37.7. The number of ether oxygens (including phenoxy) is 1. The molecule has 3 amide bonds. The summed E-state index contributed by atoms with van der Waals surface area (Å²) in [6, 6.07) is -0.662. The van der Waals surface area contributed by atoms with Crippen LogP contribution in [-0.4, -0.2) is 68.5 Å². The van der Waals surface area contributed by atoms with Crippen LogP contribution in [0.3, 0.4) is 0 Å². The first-order chi connectivity index (χ1) is 14.4. The fourth-order valence-electron chi connectivity index (χ4n) is 2.61. The molecule has 1 rings (SSSR count). The summed E-state index contributed by atoms with van der Waals surface area (Å²) in [5.41, 5.74) is 0.806. The van der Waals surface area contributed by atoms with E-state index in [0.717, 1.165) is 5.57 Å². The van der Waals surface area contributed by atoms with Crippen molar-refractivity contribution in [2.24, 2.45) is 0 Å². The van der Waals surface area contributed by atoms with E-state index in [9.17, 15) is 14.4 Å². The maximum absolute atomic E-state index is 12.5. The second kappa shape index (κ2) is 13.9. The normalized spacial score (nSPS) is 24.7. The van der Waals surface area contributed by atoms with Crippen molar-refractivity contribution in [1.82, 2.24) is 20.9 Å². The molecule has 0 fully saturated rings. The van der Waals surface area contributed by atoms with E-state index in [1.54, 1.807) is 6.08 Å². The molecule has 0 radical (unpaired) electrons. The SMILES string of the molecule is C=CC1=C(\C=C/C)OCCNC(C=C)C(=O)N(C)CC(=O)NCC(=O)NCC\C=C\1. The molecule has 0 saturated heterocycles. The minimum Gasteiger partial charge on any atom is -0.492 e. The van der Waals surface area contributed by atoms with Crippen LogP contribution in [0.4, 0.5) is 0 Å². The van der Waals surface area contributed by atoms with Gasteiger partial charge in [0.05, 0.1) is 13.1 Å². The molecule has 8 heteroatoms. The Hall–Kier alpha value is -3.13. The van der Waals surface area contributed by atoms with Gasteiger partial charge in [-0.15, -0.1) is 6.58 Å². The number of nitrogens with zero attached hydrogens (tertiary/aromatic N) is 1. The van der Waals surface area contributed by atoms with E-state index in [2.05, 4.69) is 29.1 Å². The predicted molar refractivity (Wildman–Crippen MR) is 117 cm³/mol. The highest BCUT2D eigenvalue weighted by atomic mass is 16.5. The van der Waals surface area contributed by atoms with E-state index in [1.807, 2.05) is 31.2 Å².